The molecule has 1 atom stereocenters. The molecule has 0 aromatic rings. The van der Waals surface area contributed by atoms with E-state index in [9.17, 15) is 22.8 Å². The lowest BCUT2D eigenvalue weighted by atomic mass is 9.81. The summed E-state index contributed by atoms with van der Waals surface area (Å²) >= 11 is 0. The van der Waals surface area contributed by atoms with E-state index >= 15 is 0 Å². The fourth-order valence-electron chi connectivity index (χ4n) is 4.28. The third kappa shape index (κ3) is 14.7. The molecule has 37 heavy (non-hydrogen) atoms. The topological polar surface area (TPSA) is 34.1 Å². The maximum Gasteiger partial charge on any atom is 0.415 e. The molecule has 1 fully saturated rings. The summed E-state index contributed by atoms with van der Waals surface area (Å²) in [5, 5.41) is 0. The van der Waals surface area contributed by atoms with Gasteiger partial charge in [0.15, 0.2) is 0 Å². The minimum absolute atomic E-state index is 0. The van der Waals surface area contributed by atoms with Crippen molar-refractivity contribution in [3.8, 4) is 23.7 Å². The Morgan fingerprint density at radius 2 is 1.70 bits per heavy atom. The van der Waals surface area contributed by atoms with Crippen molar-refractivity contribution in [3.63, 3.8) is 0 Å². The molecule has 5 heteroatoms. The summed E-state index contributed by atoms with van der Waals surface area (Å²) in [6.45, 7) is 8.88. The van der Waals surface area contributed by atoms with E-state index in [0.717, 1.165) is 51.0 Å². The second kappa shape index (κ2) is 17.8. The number of alkyl halides is 3. The van der Waals surface area contributed by atoms with Crippen molar-refractivity contribution in [2.75, 3.05) is 0 Å². The molecule has 1 aliphatic rings. The lowest BCUT2D eigenvalue weighted by Crippen LogP contribution is -2.14. The monoisotopic (exact) mass is 518 g/mol. The fraction of sp³-hybridized carbons (Fsp3) is 0.625. The first kappa shape index (κ1) is 32.5. The Hall–Kier alpha value is -2.53. The van der Waals surface area contributed by atoms with Crippen molar-refractivity contribution < 1.29 is 24.2 Å². The van der Waals surface area contributed by atoms with Crippen LogP contribution in [0.4, 0.5) is 13.2 Å². The van der Waals surface area contributed by atoms with E-state index in [1.165, 1.54) is 25.3 Å². The Bertz CT molecular complexity index is 930. The normalized spacial score (nSPS) is 18.9. The molecule has 0 aromatic carbocycles. The number of ketones is 2. The van der Waals surface area contributed by atoms with Crippen LogP contribution in [0.3, 0.4) is 0 Å². The van der Waals surface area contributed by atoms with Gasteiger partial charge in [0.2, 0.25) is 11.6 Å². The number of allylic oxidation sites excluding steroid dienone is 5. The smallest absolute Gasteiger partial charge is 0.285 e. The molecular weight excluding hydrogens is 473 g/mol. The molecule has 2 nitrogen and oxygen atoms in total. The fourth-order valence-corrected chi connectivity index (χ4v) is 4.28. The minimum atomic E-state index is -4.46. The van der Waals surface area contributed by atoms with Gasteiger partial charge in [-0.3, -0.25) is 9.59 Å². The van der Waals surface area contributed by atoms with E-state index in [1.807, 2.05) is 13.0 Å². The third-order valence-corrected chi connectivity index (χ3v) is 6.69. The van der Waals surface area contributed by atoms with Crippen molar-refractivity contribution in [1.82, 2.24) is 0 Å². The molecule has 0 heterocycles. The van der Waals surface area contributed by atoms with Gasteiger partial charge in [0.05, 0.1) is 0 Å². The Morgan fingerprint density at radius 1 is 1.03 bits per heavy atom. The highest BCUT2D eigenvalue weighted by atomic mass is 19.4. The first-order valence-electron chi connectivity index (χ1n) is 13.8. The molecule has 0 radical (unpaired) electrons. The maximum atomic E-state index is 12.7. The van der Waals surface area contributed by atoms with Crippen LogP contribution in [0.15, 0.2) is 36.0 Å². The molecular formula is C32H45F3O2. The molecule has 1 rings (SSSR count). The zero-order chi connectivity index (χ0) is 27.7. The van der Waals surface area contributed by atoms with Crippen LogP contribution in [-0.4, -0.2) is 17.7 Å². The molecule has 206 valence electrons. The van der Waals surface area contributed by atoms with Gasteiger partial charge >= 0.3 is 6.18 Å². The average molecular weight is 519 g/mol. The van der Waals surface area contributed by atoms with Crippen LogP contribution in [0.2, 0.25) is 0 Å². The second-order valence-corrected chi connectivity index (χ2v) is 10.1. The molecule has 0 amide bonds. The number of unbranched alkanes of at least 4 members (excludes halogenated alkanes) is 4. The third-order valence-electron chi connectivity index (χ3n) is 6.69. The Labute approximate surface area is 223 Å². The van der Waals surface area contributed by atoms with Crippen LogP contribution in [0.25, 0.3) is 0 Å². The van der Waals surface area contributed by atoms with Crippen LogP contribution >= 0.6 is 0 Å². The largest absolute Gasteiger partial charge is 0.415 e. The zero-order valence-electron chi connectivity index (χ0n) is 22.8. The summed E-state index contributed by atoms with van der Waals surface area (Å²) in [4.78, 5) is 24.4. The summed E-state index contributed by atoms with van der Waals surface area (Å²) in [5.74, 6) is 11.9. The Kier molecular flexibility index (Phi) is 15.7. The van der Waals surface area contributed by atoms with Crippen molar-refractivity contribution >= 4 is 11.6 Å². The van der Waals surface area contributed by atoms with Crippen LogP contribution in [-0.2, 0) is 9.59 Å². The maximum absolute atomic E-state index is 12.7. The molecule has 0 bridgehead atoms. The SMILES string of the molecule is C=C(/C=C\C(=C/CC)CC(C)C(=O)C#CC1CCC(CC#CC(=O)CCCCCCC)CC1)C(F)(F)F.[HH]. The number of carbonyl (C=O) groups excluding carboxylic acids is 2. The van der Waals surface area contributed by atoms with Gasteiger partial charge in [-0.2, -0.15) is 13.2 Å². The number of halogens is 3. The number of hydrogen-bond acceptors (Lipinski definition) is 2. The molecule has 0 aromatic heterocycles. The number of carbonyl (C=O) groups is 2. The molecule has 0 saturated heterocycles. The van der Waals surface area contributed by atoms with E-state index in [2.05, 4.69) is 37.2 Å². The van der Waals surface area contributed by atoms with Crippen molar-refractivity contribution in [1.29, 1.82) is 0 Å². The summed E-state index contributed by atoms with van der Waals surface area (Å²) < 4.78 is 38.0. The van der Waals surface area contributed by atoms with Gasteiger partial charge in [-0.1, -0.05) is 88.7 Å². The van der Waals surface area contributed by atoms with Crippen molar-refractivity contribution in [3.05, 3.63) is 36.0 Å². The summed E-state index contributed by atoms with van der Waals surface area (Å²) in [7, 11) is 0. The van der Waals surface area contributed by atoms with Crippen LogP contribution < -0.4 is 0 Å². The summed E-state index contributed by atoms with van der Waals surface area (Å²) in [6, 6.07) is 0. The Balaban J connectivity index is 0.0000137. The minimum Gasteiger partial charge on any atom is -0.285 e. The highest BCUT2D eigenvalue weighted by Gasteiger charge is 2.29. The van der Waals surface area contributed by atoms with Crippen molar-refractivity contribution in [2.45, 2.75) is 110 Å². The van der Waals surface area contributed by atoms with Gasteiger partial charge in [-0.15, -0.1) is 0 Å². The van der Waals surface area contributed by atoms with Gasteiger partial charge in [0.25, 0.3) is 0 Å². The quantitative estimate of drug-likeness (QED) is 0.106. The molecule has 0 N–H and O–H groups in total. The lowest BCUT2D eigenvalue weighted by Gasteiger charge is -2.23. The molecule has 1 saturated carbocycles. The summed E-state index contributed by atoms with van der Waals surface area (Å²) in [5.41, 5.74) is -0.244. The van der Waals surface area contributed by atoms with Crippen LogP contribution in [0.1, 0.15) is 106 Å². The second-order valence-electron chi connectivity index (χ2n) is 10.1. The van der Waals surface area contributed by atoms with Crippen LogP contribution in [0, 0.1) is 41.4 Å². The van der Waals surface area contributed by atoms with Gasteiger partial charge < -0.3 is 0 Å². The predicted molar refractivity (Wildman–Crippen MR) is 148 cm³/mol. The first-order chi connectivity index (χ1) is 17.6. The molecule has 1 unspecified atom stereocenters. The lowest BCUT2D eigenvalue weighted by molar-refractivity contribution is -0.117. The number of rotatable bonds is 13. The Morgan fingerprint density at radius 3 is 2.32 bits per heavy atom. The van der Waals surface area contributed by atoms with Gasteiger partial charge in [-0.05, 0) is 62.7 Å². The van der Waals surface area contributed by atoms with Crippen molar-refractivity contribution in [2.24, 2.45) is 17.8 Å². The van der Waals surface area contributed by atoms with E-state index in [1.54, 1.807) is 6.92 Å². The van der Waals surface area contributed by atoms with E-state index < -0.39 is 17.7 Å². The van der Waals surface area contributed by atoms with Crippen LogP contribution in [0.5, 0.6) is 0 Å². The standard InChI is InChI=1S/C32H43F3O2.H2/c1-5-7-8-9-10-14-30(36)15-11-13-27-18-20-28(21-19-27)22-23-31(37)25(3)24-29(12-6-2)17-16-26(4)32(33,34)35;/h12,16-17,25,27-28H,4-10,13-14,18-21,24H2,1-3H3;1H/b17-16-,29-12+;. The highest BCUT2D eigenvalue weighted by Crippen LogP contribution is 2.30. The van der Waals surface area contributed by atoms with E-state index in [4.69, 9.17) is 0 Å². The van der Waals surface area contributed by atoms with E-state index in [0.29, 0.717) is 30.8 Å². The predicted octanol–water partition coefficient (Wildman–Crippen LogP) is 8.97. The highest BCUT2D eigenvalue weighted by molar-refractivity contribution is 5.97. The first-order valence-corrected chi connectivity index (χ1v) is 13.8. The van der Waals surface area contributed by atoms with Gasteiger partial charge in [0.1, 0.15) is 0 Å². The summed E-state index contributed by atoms with van der Waals surface area (Å²) in [6.07, 6.45) is 11.4. The zero-order valence-corrected chi connectivity index (χ0v) is 22.8. The molecule has 0 aliphatic heterocycles. The van der Waals surface area contributed by atoms with E-state index in [-0.39, 0.29) is 18.9 Å². The molecule has 1 aliphatic carbocycles. The van der Waals surface area contributed by atoms with Gasteiger partial charge in [0, 0.05) is 31.7 Å². The number of Topliss-reactive ketones (excluding diaryl/α,β-unsaturated/α-hetero) is 2. The average Bonchev–Trinajstić information content (AvgIpc) is 2.85. The number of hydrogen-bond donors (Lipinski definition) is 0. The van der Waals surface area contributed by atoms with Gasteiger partial charge in [-0.25, -0.2) is 0 Å². The molecule has 0 spiro atoms.